The maximum absolute atomic E-state index is 6.13. The molecule has 0 radical (unpaired) electrons. The van der Waals surface area contributed by atoms with Crippen molar-refractivity contribution in [2.24, 2.45) is 0 Å². The molecule has 0 saturated carbocycles. The molecular weight excluding hydrogens is 242 g/mol. The van der Waals surface area contributed by atoms with Crippen molar-refractivity contribution in [3.8, 4) is 5.75 Å². The Morgan fingerprint density at radius 1 is 1.33 bits per heavy atom. The molecule has 3 rings (SSSR count). The van der Waals surface area contributed by atoms with Crippen LogP contribution in [-0.4, -0.2) is 17.4 Å². The van der Waals surface area contributed by atoms with Crippen LogP contribution in [0.4, 0.5) is 0 Å². The molecule has 1 N–H and O–H groups in total. The van der Waals surface area contributed by atoms with E-state index in [0.29, 0.717) is 5.25 Å². The SMILES string of the molecule is CC1CCNC2(CC(C)(C)Oc3ccccc32)S1. The van der Waals surface area contributed by atoms with Crippen LogP contribution < -0.4 is 10.1 Å². The predicted octanol–water partition coefficient (Wildman–Crippen LogP) is 3.52. The maximum atomic E-state index is 6.13. The van der Waals surface area contributed by atoms with E-state index >= 15 is 0 Å². The van der Waals surface area contributed by atoms with Gasteiger partial charge in [-0.15, -0.1) is 11.8 Å². The molecule has 2 aliphatic rings. The van der Waals surface area contributed by atoms with Crippen LogP contribution >= 0.6 is 11.8 Å². The number of fused-ring (bicyclic) bond motifs is 2. The summed E-state index contributed by atoms with van der Waals surface area (Å²) >= 11 is 2.06. The van der Waals surface area contributed by atoms with E-state index in [1.165, 1.54) is 12.0 Å². The van der Waals surface area contributed by atoms with Gasteiger partial charge < -0.3 is 4.74 Å². The summed E-state index contributed by atoms with van der Waals surface area (Å²) < 4.78 is 6.13. The molecule has 1 aromatic carbocycles. The molecule has 98 valence electrons. The standard InChI is InChI=1S/C15H21NOS/c1-11-8-9-16-15(18-11)10-14(2,3)17-13-7-5-4-6-12(13)15/h4-7,11,16H,8-10H2,1-3H3. The second-order valence-corrected chi connectivity index (χ2v) is 7.74. The second kappa shape index (κ2) is 4.17. The summed E-state index contributed by atoms with van der Waals surface area (Å²) in [5.74, 6) is 1.04. The lowest BCUT2D eigenvalue weighted by Gasteiger charge is -2.49. The minimum atomic E-state index is -0.106. The fourth-order valence-corrected chi connectivity index (χ4v) is 4.94. The van der Waals surface area contributed by atoms with E-state index in [9.17, 15) is 0 Å². The summed E-state index contributed by atoms with van der Waals surface area (Å²) in [4.78, 5) is 0.0377. The van der Waals surface area contributed by atoms with Crippen molar-refractivity contribution in [2.45, 2.75) is 49.3 Å². The molecule has 0 bridgehead atoms. The maximum Gasteiger partial charge on any atom is 0.126 e. The normalized spacial score (nSPS) is 33.8. The third-order valence-electron chi connectivity index (χ3n) is 3.75. The summed E-state index contributed by atoms with van der Waals surface area (Å²) in [6, 6.07) is 8.48. The zero-order chi connectivity index (χ0) is 12.8. The number of para-hydroxylation sites is 1. The van der Waals surface area contributed by atoms with E-state index in [4.69, 9.17) is 4.74 Å². The van der Waals surface area contributed by atoms with Gasteiger partial charge in [0.15, 0.2) is 0 Å². The lowest BCUT2D eigenvalue weighted by atomic mass is 9.88. The van der Waals surface area contributed by atoms with Crippen LogP contribution in [0.2, 0.25) is 0 Å². The highest BCUT2D eigenvalue weighted by Gasteiger charge is 2.47. The largest absolute Gasteiger partial charge is 0.487 e. The zero-order valence-electron chi connectivity index (χ0n) is 11.3. The Bertz CT molecular complexity index is 460. The Morgan fingerprint density at radius 2 is 2.11 bits per heavy atom. The Morgan fingerprint density at radius 3 is 2.89 bits per heavy atom. The summed E-state index contributed by atoms with van der Waals surface area (Å²) in [5, 5.41) is 4.46. The minimum Gasteiger partial charge on any atom is -0.487 e. The van der Waals surface area contributed by atoms with Gasteiger partial charge in [-0.3, -0.25) is 5.32 Å². The molecule has 0 aliphatic carbocycles. The van der Waals surface area contributed by atoms with Crippen molar-refractivity contribution in [1.82, 2.24) is 5.32 Å². The number of rotatable bonds is 0. The zero-order valence-corrected chi connectivity index (χ0v) is 12.1. The number of hydrogen-bond acceptors (Lipinski definition) is 3. The highest BCUT2D eigenvalue weighted by Crippen LogP contribution is 2.52. The number of nitrogens with one attached hydrogen (secondary N) is 1. The van der Waals surface area contributed by atoms with Crippen molar-refractivity contribution < 1.29 is 4.74 Å². The average Bonchev–Trinajstić information content (AvgIpc) is 2.27. The van der Waals surface area contributed by atoms with Gasteiger partial charge in [0.2, 0.25) is 0 Å². The second-order valence-electron chi connectivity index (χ2n) is 6.01. The van der Waals surface area contributed by atoms with Gasteiger partial charge in [-0.2, -0.15) is 0 Å². The van der Waals surface area contributed by atoms with E-state index < -0.39 is 0 Å². The quantitative estimate of drug-likeness (QED) is 0.774. The first kappa shape index (κ1) is 12.4. The van der Waals surface area contributed by atoms with Crippen LogP contribution in [0.15, 0.2) is 24.3 Å². The molecule has 3 heteroatoms. The molecule has 1 aromatic rings. The Hall–Kier alpha value is -0.670. The minimum absolute atomic E-state index is 0.0377. The summed E-state index contributed by atoms with van der Waals surface area (Å²) in [6.07, 6.45) is 2.27. The van der Waals surface area contributed by atoms with Crippen molar-refractivity contribution in [3.05, 3.63) is 29.8 Å². The summed E-state index contributed by atoms with van der Waals surface area (Å²) in [5.41, 5.74) is 1.21. The first-order valence-corrected chi connectivity index (χ1v) is 7.60. The van der Waals surface area contributed by atoms with Gasteiger partial charge in [-0.25, -0.2) is 0 Å². The van der Waals surface area contributed by atoms with E-state index in [2.05, 4.69) is 62.1 Å². The van der Waals surface area contributed by atoms with Crippen LogP contribution in [-0.2, 0) is 4.87 Å². The lowest BCUT2D eigenvalue weighted by molar-refractivity contribution is 0.0569. The summed E-state index contributed by atoms with van der Waals surface area (Å²) in [7, 11) is 0. The molecule has 2 unspecified atom stereocenters. The van der Waals surface area contributed by atoms with Crippen LogP contribution in [0.5, 0.6) is 5.75 Å². The van der Waals surface area contributed by atoms with Gasteiger partial charge in [0.1, 0.15) is 11.4 Å². The molecule has 2 heterocycles. The van der Waals surface area contributed by atoms with E-state index in [-0.39, 0.29) is 10.5 Å². The molecule has 2 aliphatic heterocycles. The van der Waals surface area contributed by atoms with Gasteiger partial charge in [-0.1, -0.05) is 25.1 Å². The lowest BCUT2D eigenvalue weighted by Crippen LogP contribution is -2.53. The van der Waals surface area contributed by atoms with Crippen molar-refractivity contribution in [2.75, 3.05) is 6.54 Å². The topological polar surface area (TPSA) is 21.3 Å². The Balaban J connectivity index is 2.08. The highest BCUT2D eigenvalue weighted by atomic mass is 32.2. The van der Waals surface area contributed by atoms with Gasteiger partial charge in [0.25, 0.3) is 0 Å². The third-order valence-corrected chi connectivity index (χ3v) is 5.30. The smallest absolute Gasteiger partial charge is 0.126 e. The molecule has 1 spiro atoms. The van der Waals surface area contributed by atoms with Gasteiger partial charge in [0.05, 0.1) is 4.87 Å². The fraction of sp³-hybridized carbons (Fsp3) is 0.600. The number of hydrogen-bond donors (Lipinski definition) is 1. The Labute approximate surface area is 113 Å². The molecule has 18 heavy (non-hydrogen) atoms. The average molecular weight is 263 g/mol. The van der Waals surface area contributed by atoms with Crippen molar-refractivity contribution in [3.63, 3.8) is 0 Å². The fourth-order valence-electron chi connectivity index (χ4n) is 3.10. The van der Waals surface area contributed by atoms with Crippen LogP contribution in [0, 0.1) is 0 Å². The molecule has 1 fully saturated rings. The van der Waals surface area contributed by atoms with Gasteiger partial charge in [-0.05, 0) is 32.9 Å². The van der Waals surface area contributed by atoms with E-state index in [1.54, 1.807) is 0 Å². The molecule has 2 atom stereocenters. The first-order valence-electron chi connectivity index (χ1n) is 6.72. The van der Waals surface area contributed by atoms with E-state index in [0.717, 1.165) is 18.7 Å². The third kappa shape index (κ3) is 2.04. The van der Waals surface area contributed by atoms with Crippen LogP contribution in [0.1, 0.15) is 39.2 Å². The molecule has 2 nitrogen and oxygen atoms in total. The predicted molar refractivity (Wildman–Crippen MR) is 77.1 cm³/mol. The number of thioether (sulfide) groups is 1. The number of benzene rings is 1. The number of ether oxygens (including phenoxy) is 1. The van der Waals surface area contributed by atoms with E-state index in [1.807, 2.05) is 0 Å². The van der Waals surface area contributed by atoms with Gasteiger partial charge >= 0.3 is 0 Å². The van der Waals surface area contributed by atoms with Gasteiger partial charge in [0, 0.05) is 17.2 Å². The summed E-state index contributed by atoms with van der Waals surface area (Å²) in [6.45, 7) is 7.80. The molecule has 0 amide bonds. The molecule has 0 aromatic heterocycles. The van der Waals surface area contributed by atoms with Crippen LogP contribution in [0.25, 0.3) is 0 Å². The Kier molecular flexibility index (Phi) is 2.87. The monoisotopic (exact) mass is 263 g/mol. The molecule has 1 saturated heterocycles. The van der Waals surface area contributed by atoms with Crippen LogP contribution in [0.3, 0.4) is 0 Å². The van der Waals surface area contributed by atoms with Crippen molar-refractivity contribution in [1.29, 1.82) is 0 Å². The highest BCUT2D eigenvalue weighted by molar-refractivity contribution is 8.00. The van der Waals surface area contributed by atoms with Crippen molar-refractivity contribution >= 4 is 11.8 Å². The molecular formula is C15H21NOS. The first-order chi connectivity index (χ1) is 8.51.